The highest BCUT2D eigenvalue weighted by molar-refractivity contribution is 9.10. The van der Waals surface area contributed by atoms with Crippen molar-refractivity contribution in [3.05, 3.63) is 51.7 Å². The first-order valence-corrected chi connectivity index (χ1v) is 9.23. The number of nitrogens with zero attached hydrogens (tertiary/aromatic N) is 1. The van der Waals surface area contributed by atoms with Crippen LogP contribution in [0.1, 0.15) is 30.1 Å². The van der Waals surface area contributed by atoms with E-state index in [0.29, 0.717) is 28.8 Å². The molecule has 0 bridgehead atoms. The standard InChI is InChI=1S/C17H17BrClN3O2S/c1-2-3-8-24-14-6-4-11(9-13(14)18)16(23)22-17(25)21-12-5-7-15(19)20-10-12/h4-7,9-10H,2-3,8H2,1H3,(H2,21,22,23,25). The zero-order valence-corrected chi connectivity index (χ0v) is 16.7. The van der Waals surface area contributed by atoms with Gasteiger partial charge in [-0.25, -0.2) is 4.98 Å². The molecule has 2 rings (SSSR count). The second-order valence-corrected chi connectivity index (χ2v) is 6.77. The predicted molar refractivity (Wildman–Crippen MR) is 107 cm³/mol. The summed E-state index contributed by atoms with van der Waals surface area (Å²) in [5, 5.41) is 6.05. The lowest BCUT2D eigenvalue weighted by molar-refractivity contribution is 0.0977. The summed E-state index contributed by atoms with van der Waals surface area (Å²) in [5.41, 5.74) is 1.10. The van der Waals surface area contributed by atoms with Crippen LogP contribution in [0.2, 0.25) is 5.15 Å². The van der Waals surface area contributed by atoms with Crippen molar-refractivity contribution in [3.63, 3.8) is 0 Å². The minimum atomic E-state index is -0.319. The average Bonchev–Trinajstić information content (AvgIpc) is 2.58. The lowest BCUT2D eigenvalue weighted by Crippen LogP contribution is -2.34. The number of anilines is 1. The predicted octanol–water partition coefficient (Wildman–Crippen LogP) is 4.80. The highest BCUT2D eigenvalue weighted by atomic mass is 79.9. The van der Waals surface area contributed by atoms with Crippen LogP contribution < -0.4 is 15.4 Å². The Morgan fingerprint density at radius 3 is 2.80 bits per heavy atom. The zero-order valence-electron chi connectivity index (χ0n) is 13.5. The third-order valence-corrected chi connectivity index (χ3v) is 4.21. The summed E-state index contributed by atoms with van der Waals surface area (Å²) in [6, 6.07) is 8.49. The fourth-order valence-electron chi connectivity index (χ4n) is 1.87. The van der Waals surface area contributed by atoms with E-state index in [1.165, 1.54) is 6.20 Å². The van der Waals surface area contributed by atoms with Crippen LogP contribution in [0.15, 0.2) is 41.0 Å². The fourth-order valence-corrected chi connectivity index (χ4v) is 2.69. The quantitative estimate of drug-likeness (QED) is 0.382. The van der Waals surface area contributed by atoms with E-state index in [4.69, 9.17) is 28.6 Å². The van der Waals surface area contributed by atoms with Crippen molar-refractivity contribution in [3.8, 4) is 5.75 Å². The minimum Gasteiger partial charge on any atom is -0.492 e. The molecule has 1 aromatic heterocycles. The summed E-state index contributed by atoms with van der Waals surface area (Å²) >= 11 is 14.3. The topological polar surface area (TPSA) is 63.2 Å². The molecule has 1 aromatic carbocycles. The molecule has 0 fully saturated rings. The first-order valence-electron chi connectivity index (χ1n) is 7.66. The molecule has 25 heavy (non-hydrogen) atoms. The molecule has 0 saturated carbocycles. The molecule has 0 saturated heterocycles. The first-order chi connectivity index (χ1) is 12.0. The van der Waals surface area contributed by atoms with Crippen molar-refractivity contribution in [1.82, 2.24) is 10.3 Å². The maximum Gasteiger partial charge on any atom is 0.257 e. The van der Waals surface area contributed by atoms with Crippen molar-refractivity contribution < 1.29 is 9.53 Å². The van der Waals surface area contributed by atoms with E-state index >= 15 is 0 Å². The van der Waals surface area contributed by atoms with Gasteiger partial charge in [0.05, 0.1) is 23.0 Å². The van der Waals surface area contributed by atoms with Crippen LogP contribution in [0, 0.1) is 0 Å². The van der Waals surface area contributed by atoms with E-state index in [9.17, 15) is 4.79 Å². The molecule has 132 valence electrons. The minimum absolute atomic E-state index is 0.175. The summed E-state index contributed by atoms with van der Waals surface area (Å²) in [6.45, 7) is 2.74. The van der Waals surface area contributed by atoms with Crippen molar-refractivity contribution in [2.75, 3.05) is 11.9 Å². The Bertz CT molecular complexity index is 756. The molecular formula is C17H17BrClN3O2S. The van der Waals surface area contributed by atoms with E-state index < -0.39 is 0 Å². The van der Waals surface area contributed by atoms with E-state index in [-0.39, 0.29) is 11.0 Å². The summed E-state index contributed by atoms with van der Waals surface area (Å²) < 4.78 is 6.37. The molecule has 8 heteroatoms. The van der Waals surface area contributed by atoms with Crippen LogP contribution in [0.5, 0.6) is 5.75 Å². The number of nitrogens with one attached hydrogen (secondary N) is 2. The summed E-state index contributed by atoms with van der Waals surface area (Å²) in [4.78, 5) is 16.2. The second-order valence-electron chi connectivity index (χ2n) is 5.13. The van der Waals surface area contributed by atoms with Crippen molar-refractivity contribution in [2.24, 2.45) is 0 Å². The van der Waals surface area contributed by atoms with Crippen molar-refractivity contribution in [1.29, 1.82) is 0 Å². The van der Waals surface area contributed by atoms with Gasteiger partial charge in [-0.3, -0.25) is 10.1 Å². The number of amides is 1. The van der Waals surface area contributed by atoms with Gasteiger partial charge in [0.15, 0.2) is 5.11 Å². The number of aromatic nitrogens is 1. The fraction of sp³-hybridized carbons (Fsp3) is 0.235. The monoisotopic (exact) mass is 441 g/mol. The largest absolute Gasteiger partial charge is 0.492 e. The lowest BCUT2D eigenvalue weighted by Gasteiger charge is -2.11. The Labute approximate surface area is 165 Å². The Kier molecular flexibility index (Phi) is 7.61. The van der Waals surface area contributed by atoms with E-state index in [1.807, 2.05) is 0 Å². The number of rotatable bonds is 6. The third kappa shape index (κ3) is 6.26. The number of ether oxygens (including phenoxy) is 1. The molecule has 0 aliphatic heterocycles. The van der Waals surface area contributed by atoms with Gasteiger partial charge in [-0.15, -0.1) is 0 Å². The maximum atomic E-state index is 12.3. The van der Waals surface area contributed by atoms with Crippen LogP contribution >= 0.6 is 39.7 Å². The van der Waals surface area contributed by atoms with Crippen LogP contribution in [-0.4, -0.2) is 22.6 Å². The molecule has 1 heterocycles. The van der Waals surface area contributed by atoms with Gasteiger partial charge in [-0.1, -0.05) is 24.9 Å². The van der Waals surface area contributed by atoms with Gasteiger partial charge in [0.1, 0.15) is 10.9 Å². The number of halogens is 2. The normalized spacial score (nSPS) is 10.2. The van der Waals surface area contributed by atoms with Crippen LogP contribution in [0.4, 0.5) is 5.69 Å². The molecule has 2 aromatic rings. The van der Waals surface area contributed by atoms with Gasteiger partial charge >= 0.3 is 0 Å². The van der Waals surface area contributed by atoms with E-state index in [0.717, 1.165) is 17.3 Å². The van der Waals surface area contributed by atoms with E-state index in [1.54, 1.807) is 30.3 Å². The maximum absolute atomic E-state index is 12.3. The molecule has 0 atom stereocenters. The zero-order chi connectivity index (χ0) is 18.2. The molecule has 0 aliphatic rings. The number of pyridine rings is 1. The van der Waals surface area contributed by atoms with Crippen LogP contribution in [0.25, 0.3) is 0 Å². The van der Waals surface area contributed by atoms with Gasteiger partial charge in [0.2, 0.25) is 0 Å². The Morgan fingerprint density at radius 2 is 2.16 bits per heavy atom. The molecule has 5 nitrogen and oxygen atoms in total. The average molecular weight is 443 g/mol. The number of carbonyl (C=O) groups excluding carboxylic acids is 1. The molecule has 0 unspecified atom stereocenters. The molecule has 0 radical (unpaired) electrons. The molecule has 1 amide bonds. The SMILES string of the molecule is CCCCOc1ccc(C(=O)NC(=S)Nc2ccc(Cl)nc2)cc1Br. The van der Waals surface area contributed by atoms with Crippen molar-refractivity contribution >= 4 is 56.5 Å². The van der Waals surface area contributed by atoms with Gasteiger partial charge in [-0.2, -0.15) is 0 Å². The van der Waals surface area contributed by atoms with Gasteiger partial charge in [0.25, 0.3) is 5.91 Å². The lowest BCUT2D eigenvalue weighted by atomic mass is 10.2. The van der Waals surface area contributed by atoms with E-state index in [2.05, 4.69) is 38.5 Å². The number of benzene rings is 1. The highest BCUT2D eigenvalue weighted by Gasteiger charge is 2.11. The smallest absolute Gasteiger partial charge is 0.257 e. The molecule has 2 N–H and O–H groups in total. The number of unbranched alkanes of at least 4 members (excludes halogenated alkanes) is 1. The summed E-state index contributed by atoms with van der Waals surface area (Å²) in [5.74, 6) is 0.387. The van der Waals surface area contributed by atoms with Gasteiger partial charge < -0.3 is 10.1 Å². The Hall–Kier alpha value is -1.70. The Morgan fingerprint density at radius 1 is 1.36 bits per heavy atom. The highest BCUT2D eigenvalue weighted by Crippen LogP contribution is 2.26. The molecule has 0 aliphatic carbocycles. The second kappa shape index (κ2) is 9.70. The van der Waals surface area contributed by atoms with Crippen LogP contribution in [-0.2, 0) is 0 Å². The summed E-state index contributed by atoms with van der Waals surface area (Å²) in [6.07, 6.45) is 3.57. The third-order valence-electron chi connectivity index (χ3n) is 3.16. The van der Waals surface area contributed by atoms with Crippen molar-refractivity contribution in [2.45, 2.75) is 19.8 Å². The Balaban J connectivity index is 1.94. The number of thiocarbonyl (C=S) groups is 1. The molecular weight excluding hydrogens is 426 g/mol. The number of hydrogen-bond acceptors (Lipinski definition) is 4. The van der Waals surface area contributed by atoms with Gasteiger partial charge in [-0.05, 0) is 64.9 Å². The molecule has 0 spiro atoms. The van der Waals surface area contributed by atoms with Crippen LogP contribution in [0.3, 0.4) is 0 Å². The number of hydrogen-bond donors (Lipinski definition) is 2. The van der Waals surface area contributed by atoms with Gasteiger partial charge in [0, 0.05) is 5.56 Å². The summed E-state index contributed by atoms with van der Waals surface area (Å²) in [7, 11) is 0. The first kappa shape index (κ1) is 19.6. The number of carbonyl (C=O) groups is 1.